The summed E-state index contributed by atoms with van der Waals surface area (Å²) in [5.74, 6) is 0.636. The SMILES string of the molecule is Cc1nc(COc2ccccc2C(=O)Nc2ccc(Cl)c(S(=O)(=O)N3CCCCC3)c2)no1. The highest BCUT2D eigenvalue weighted by Crippen LogP contribution is 2.30. The molecule has 0 bridgehead atoms. The molecular weight excluding hydrogens is 468 g/mol. The lowest BCUT2D eigenvalue weighted by molar-refractivity contribution is 0.102. The van der Waals surface area contributed by atoms with Crippen molar-refractivity contribution in [1.29, 1.82) is 0 Å². The summed E-state index contributed by atoms with van der Waals surface area (Å²) in [6, 6.07) is 11.1. The molecule has 1 aliphatic heterocycles. The summed E-state index contributed by atoms with van der Waals surface area (Å²) in [5, 5.41) is 6.61. The minimum absolute atomic E-state index is 0.0270. The quantitative estimate of drug-likeness (QED) is 0.531. The number of halogens is 1. The number of aromatic nitrogens is 2. The number of carbonyl (C=O) groups excluding carboxylic acids is 1. The normalized spacial score (nSPS) is 14.7. The Kier molecular flexibility index (Phi) is 6.96. The highest BCUT2D eigenvalue weighted by atomic mass is 35.5. The Balaban J connectivity index is 1.53. The molecule has 1 fully saturated rings. The van der Waals surface area contributed by atoms with E-state index in [1.165, 1.54) is 16.4 Å². The van der Waals surface area contributed by atoms with Crippen LogP contribution < -0.4 is 10.1 Å². The molecular formula is C22H23ClN4O5S. The number of anilines is 1. The number of sulfonamides is 1. The fraction of sp³-hybridized carbons (Fsp3) is 0.318. The van der Waals surface area contributed by atoms with Crippen LogP contribution >= 0.6 is 11.6 Å². The van der Waals surface area contributed by atoms with E-state index in [1.54, 1.807) is 37.3 Å². The Morgan fingerprint density at radius 2 is 1.94 bits per heavy atom. The average Bonchev–Trinajstić information content (AvgIpc) is 3.24. The first-order valence-electron chi connectivity index (χ1n) is 10.5. The molecule has 1 amide bonds. The van der Waals surface area contributed by atoms with Crippen molar-refractivity contribution in [2.45, 2.75) is 37.7 Å². The molecule has 33 heavy (non-hydrogen) atoms. The van der Waals surface area contributed by atoms with Crippen molar-refractivity contribution in [2.24, 2.45) is 0 Å². The smallest absolute Gasteiger partial charge is 0.259 e. The number of rotatable bonds is 7. The van der Waals surface area contributed by atoms with Gasteiger partial charge in [-0.3, -0.25) is 4.79 Å². The predicted octanol–water partition coefficient (Wildman–Crippen LogP) is 4.04. The zero-order chi connectivity index (χ0) is 23.4. The van der Waals surface area contributed by atoms with E-state index in [1.807, 2.05) is 0 Å². The molecule has 2 aromatic carbocycles. The monoisotopic (exact) mass is 490 g/mol. The Bertz CT molecular complexity index is 1260. The van der Waals surface area contributed by atoms with Crippen molar-refractivity contribution in [2.75, 3.05) is 18.4 Å². The van der Waals surface area contributed by atoms with E-state index in [0.717, 1.165) is 19.3 Å². The summed E-state index contributed by atoms with van der Waals surface area (Å²) < 4.78 is 38.2. The van der Waals surface area contributed by atoms with Crippen LogP contribution in [0.2, 0.25) is 5.02 Å². The molecule has 2 heterocycles. The lowest BCUT2D eigenvalue weighted by Crippen LogP contribution is -2.35. The summed E-state index contributed by atoms with van der Waals surface area (Å²) >= 11 is 6.22. The number of hydrogen-bond donors (Lipinski definition) is 1. The van der Waals surface area contributed by atoms with Crippen LogP contribution in [0.1, 0.15) is 41.3 Å². The van der Waals surface area contributed by atoms with Crippen molar-refractivity contribution < 1.29 is 22.5 Å². The van der Waals surface area contributed by atoms with Gasteiger partial charge in [0.05, 0.1) is 10.6 Å². The maximum atomic E-state index is 13.1. The standard InChI is InChI=1S/C22H23ClN4O5S/c1-15-24-21(26-32-15)14-31-19-8-4-3-7-17(19)22(28)25-16-9-10-18(23)20(13-16)33(29,30)27-11-5-2-6-12-27/h3-4,7-10,13H,2,5-6,11-12,14H2,1H3,(H,25,28). The van der Waals surface area contributed by atoms with Crippen molar-refractivity contribution >= 4 is 33.2 Å². The van der Waals surface area contributed by atoms with Crippen molar-refractivity contribution in [3.8, 4) is 5.75 Å². The molecule has 1 N–H and O–H groups in total. The third-order valence-corrected chi connectivity index (χ3v) is 7.56. The Morgan fingerprint density at radius 3 is 2.67 bits per heavy atom. The largest absolute Gasteiger partial charge is 0.485 e. The number of piperidine rings is 1. The third kappa shape index (κ3) is 5.35. The highest BCUT2D eigenvalue weighted by molar-refractivity contribution is 7.89. The third-order valence-electron chi connectivity index (χ3n) is 5.18. The minimum atomic E-state index is -3.76. The molecule has 0 saturated carbocycles. The number of aryl methyl sites for hydroxylation is 1. The predicted molar refractivity (Wildman–Crippen MR) is 122 cm³/mol. The second-order valence-corrected chi connectivity index (χ2v) is 9.89. The molecule has 11 heteroatoms. The van der Waals surface area contributed by atoms with Crippen molar-refractivity contribution in [3.05, 3.63) is 64.8 Å². The number of amides is 1. The van der Waals surface area contributed by atoms with Gasteiger partial charge in [0.25, 0.3) is 5.91 Å². The number of carbonyl (C=O) groups is 1. The summed E-state index contributed by atoms with van der Waals surface area (Å²) in [7, 11) is -3.76. The van der Waals surface area contributed by atoms with Crippen LogP contribution in [-0.2, 0) is 16.6 Å². The van der Waals surface area contributed by atoms with Crippen LogP contribution in [0.3, 0.4) is 0 Å². The molecule has 0 spiro atoms. The molecule has 0 atom stereocenters. The Labute approximate surface area is 196 Å². The Morgan fingerprint density at radius 1 is 1.18 bits per heavy atom. The summed E-state index contributed by atoms with van der Waals surface area (Å²) in [6.07, 6.45) is 2.63. The molecule has 1 aromatic heterocycles. The lowest BCUT2D eigenvalue weighted by Gasteiger charge is -2.26. The van der Waals surface area contributed by atoms with Crippen molar-refractivity contribution in [3.63, 3.8) is 0 Å². The van der Waals surface area contributed by atoms with Crippen LogP contribution in [0, 0.1) is 6.92 Å². The van der Waals surface area contributed by atoms with Gasteiger partial charge in [0.15, 0.2) is 6.61 Å². The van der Waals surface area contributed by atoms with Gasteiger partial charge in [-0.25, -0.2) is 8.42 Å². The summed E-state index contributed by atoms with van der Waals surface area (Å²) in [5.41, 5.74) is 0.580. The van der Waals surface area contributed by atoms with E-state index in [4.69, 9.17) is 20.9 Å². The maximum Gasteiger partial charge on any atom is 0.259 e. The van der Waals surface area contributed by atoms with Crippen LogP contribution in [0.4, 0.5) is 5.69 Å². The van der Waals surface area contributed by atoms with Crippen LogP contribution in [0.15, 0.2) is 51.9 Å². The Hall–Kier alpha value is -2.95. The van der Waals surface area contributed by atoms with Gasteiger partial charge in [0.2, 0.25) is 21.7 Å². The first-order valence-corrected chi connectivity index (χ1v) is 12.3. The lowest BCUT2D eigenvalue weighted by atomic mass is 10.2. The topological polar surface area (TPSA) is 115 Å². The van der Waals surface area contributed by atoms with E-state index in [9.17, 15) is 13.2 Å². The van der Waals surface area contributed by atoms with E-state index in [0.29, 0.717) is 36.2 Å². The average molecular weight is 491 g/mol. The van der Waals surface area contributed by atoms with Gasteiger partial charge in [-0.15, -0.1) is 0 Å². The molecule has 1 aliphatic rings. The second-order valence-electron chi connectivity index (χ2n) is 7.58. The van der Waals surface area contributed by atoms with E-state index >= 15 is 0 Å². The molecule has 0 unspecified atom stereocenters. The zero-order valence-electron chi connectivity index (χ0n) is 18.0. The van der Waals surface area contributed by atoms with Gasteiger partial charge < -0.3 is 14.6 Å². The van der Waals surface area contributed by atoms with Crippen LogP contribution in [0.25, 0.3) is 0 Å². The van der Waals surface area contributed by atoms with Gasteiger partial charge in [0, 0.05) is 25.7 Å². The van der Waals surface area contributed by atoms with Gasteiger partial charge >= 0.3 is 0 Å². The number of ether oxygens (including phenoxy) is 1. The van der Waals surface area contributed by atoms with E-state index in [-0.39, 0.29) is 22.1 Å². The number of nitrogens with zero attached hydrogens (tertiary/aromatic N) is 3. The number of hydrogen-bond acceptors (Lipinski definition) is 7. The molecule has 174 valence electrons. The highest BCUT2D eigenvalue weighted by Gasteiger charge is 2.28. The van der Waals surface area contributed by atoms with Gasteiger partial charge in [-0.2, -0.15) is 9.29 Å². The molecule has 9 nitrogen and oxygen atoms in total. The first-order chi connectivity index (χ1) is 15.8. The molecule has 1 saturated heterocycles. The number of nitrogens with one attached hydrogen (secondary N) is 1. The summed E-state index contributed by atoms with van der Waals surface area (Å²) in [6.45, 7) is 2.62. The van der Waals surface area contributed by atoms with Crippen LogP contribution in [-0.4, -0.2) is 41.9 Å². The van der Waals surface area contributed by atoms with E-state index in [2.05, 4.69) is 15.5 Å². The van der Waals surface area contributed by atoms with Crippen molar-refractivity contribution in [1.82, 2.24) is 14.4 Å². The fourth-order valence-corrected chi connectivity index (χ4v) is 5.56. The van der Waals surface area contributed by atoms with Crippen LogP contribution in [0.5, 0.6) is 5.75 Å². The second kappa shape index (κ2) is 9.90. The van der Waals surface area contributed by atoms with Gasteiger partial charge in [0.1, 0.15) is 10.6 Å². The number of para-hydroxylation sites is 1. The minimum Gasteiger partial charge on any atom is -0.485 e. The molecule has 3 aromatic rings. The fourth-order valence-electron chi connectivity index (χ4n) is 3.54. The molecule has 4 rings (SSSR count). The first kappa shape index (κ1) is 23.2. The van der Waals surface area contributed by atoms with Gasteiger partial charge in [-0.1, -0.05) is 35.3 Å². The molecule has 0 aliphatic carbocycles. The van der Waals surface area contributed by atoms with E-state index < -0.39 is 15.9 Å². The summed E-state index contributed by atoms with van der Waals surface area (Å²) in [4.78, 5) is 17.0. The molecule has 0 radical (unpaired) electrons. The maximum absolute atomic E-state index is 13.1. The van der Waals surface area contributed by atoms with Gasteiger partial charge in [-0.05, 0) is 43.2 Å². The number of benzene rings is 2. The zero-order valence-corrected chi connectivity index (χ0v) is 19.5.